The normalized spacial score (nSPS) is 18.5. The minimum absolute atomic E-state index is 0.131. The van der Waals surface area contributed by atoms with E-state index in [9.17, 15) is 4.79 Å². The Morgan fingerprint density at radius 2 is 2.08 bits per heavy atom. The van der Waals surface area contributed by atoms with Gasteiger partial charge in [0.15, 0.2) is 0 Å². The number of rotatable bonds is 4. The lowest BCUT2D eigenvalue weighted by Crippen LogP contribution is -2.33. The maximum atomic E-state index is 11.0. The molecule has 76 valence electrons. The molecule has 0 aromatic carbocycles. The summed E-state index contributed by atoms with van der Waals surface area (Å²) < 4.78 is 0. The molecule has 0 atom stereocenters. The van der Waals surface area contributed by atoms with E-state index in [1.54, 1.807) is 0 Å². The zero-order valence-corrected chi connectivity index (χ0v) is 8.34. The first-order valence-electron chi connectivity index (χ1n) is 5.28. The van der Waals surface area contributed by atoms with Crippen LogP contribution < -0.4 is 5.48 Å². The summed E-state index contributed by atoms with van der Waals surface area (Å²) in [5, 5.41) is 0. The highest BCUT2D eigenvalue weighted by Crippen LogP contribution is 2.17. The Morgan fingerprint density at radius 1 is 1.38 bits per heavy atom. The predicted molar refractivity (Wildman–Crippen MR) is 51.0 cm³/mol. The second kappa shape index (κ2) is 5.97. The first-order chi connectivity index (χ1) is 6.33. The van der Waals surface area contributed by atoms with Crippen LogP contribution in [0.5, 0.6) is 0 Å². The standard InChI is InChI=1S/C10H19NO2/c1-2-6-10(12)13-11-9-7-4-3-5-8-9/h9,11H,2-8H2,1H3. The molecule has 0 heterocycles. The van der Waals surface area contributed by atoms with E-state index in [1.165, 1.54) is 19.3 Å². The third-order valence-electron chi connectivity index (χ3n) is 2.40. The fourth-order valence-corrected chi connectivity index (χ4v) is 1.62. The van der Waals surface area contributed by atoms with Crippen molar-refractivity contribution in [3.8, 4) is 0 Å². The molecule has 0 aromatic heterocycles. The molecule has 1 fully saturated rings. The van der Waals surface area contributed by atoms with Crippen molar-refractivity contribution in [2.75, 3.05) is 0 Å². The van der Waals surface area contributed by atoms with Gasteiger partial charge in [0.05, 0.1) is 0 Å². The van der Waals surface area contributed by atoms with E-state index in [-0.39, 0.29) is 5.97 Å². The van der Waals surface area contributed by atoms with E-state index in [4.69, 9.17) is 4.84 Å². The summed E-state index contributed by atoms with van der Waals surface area (Å²) in [4.78, 5) is 15.9. The second-order valence-electron chi connectivity index (χ2n) is 3.68. The van der Waals surface area contributed by atoms with Crippen LogP contribution in [0.2, 0.25) is 0 Å². The Hall–Kier alpha value is -0.570. The van der Waals surface area contributed by atoms with Gasteiger partial charge in [0.1, 0.15) is 0 Å². The van der Waals surface area contributed by atoms with Crippen LogP contribution in [-0.2, 0) is 9.63 Å². The molecule has 1 N–H and O–H groups in total. The molecule has 1 saturated carbocycles. The van der Waals surface area contributed by atoms with Crippen molar-refractivity contribution < 1.29 is 9.63 Å². The average Bonchev–Trinajstić information content (AvgIpc) is 2.17. The van der Waals surface area contributed by atoms with Crippen LogP contribution in [0.25, 0.3) is 0 Å². The molecular formula is C10H19NO2. The Labute approximate surface area is 79.8 Å². The lowest BCUT2D eigenvalue weighted by Gasteiger charge is -2.21. The number of carbonyl (C=O) groups is 1. The van der Waals surface area contributed by atoms with E-state index in [0.717, 1.165) is 19.3 Å². The topological polar surface area (TPSA) is 38.3 Å². The molecule has 0 bridgehead atoms. The average molecular weight is 185 g/mol. The Kier molecular flexibility index (Phi) is 4.83. The summed E-state index contributed by atoms with van der Waals surface area (Å²) in [7, 11) is 0. The highest BCUT2D eigenvalue weighted by Gasteiger charge is 2.14. The van der Waals surface area contributed by atoms with E-state index in [2.05, 4.69) is 5.48 Å². The smallest absolute Gasteiger partial charge is 0.324 e. The maximum Gasteiger partial charge on any atom is 0.324 e. The number of nitrogens with one attached hydrogen (secondary N) is 1. The van der Waals surface area contributed by atoms with Crippen LogP contribution in [0.3, 0.4) is 0 Å². The second-order valence-corrected chi connectivity index (χ2v) is 3.68. The number of hydroxylamine groups is 1. The molecule has 1 rings (SSSR count). The zero-order valence-electron chi connectivity index (χ0n) is 8.34. The summed E-state index contributed by atoms with van der Waals surface area (Å²) in [5.74, 6) is -0.131. The van der Waals surface area contributed by atoms with E-state index in [1.807, 2.05) is 6.92 Å². The van der Waals surface area contributed by atoms with Crippen LogP contribution in [0.15, 0.2) is 0 Å². The van der Waals surface area contributed by atoms with Crippen LogP contribution in [-0.4, -0.2) is 12.0 Å². The van der Waals surface area contributed by atoms with Gasteiger partial charge in [0.25, 0.3) is 0 Å². The van der Waals surface area contributed by atoms with Gasteiger partial charge in [-0.25, -0.2) is 0 Å². The highest BCUT2D eigenvalue weighted by atomic mass is 16.7. The fourth-order valence-electron chi connectivity index (χ4n) is 1.62. The molecule has 1 aliphatic carbocycles. The third kappa shape index (κ3) is 4.27. The largest absolute Gasteiger partial charge is 0.370 e. The van der Waals surface area contributed by atoms with Crippen LogP contribution in [0.4, 0.5) is 0 Å². The minimum Gasteiger partial charge on any atom is -0.370 e. The van der Waals surface area contributed by atoms with Gasteiger partial charge >= 0.3 is 5.97 Å². The van der Waals surface area contributed by atoms with Crippen molar-refractivity contribution in [2.24, 2.45) is 0 Å². The quantitative estimate of drug-likeness (QED) is 0.682. The van der Waals surface area contributed by atoms with Crippen molar-refractivity contribution in [2.45, 2.75) is 57.9 Å². The molecule has 1 aliphatic rings. The fraction of sp³-hybridized carbons (Fsp3) is 0.900. The SMILES string of the molecule is CCCC(=O)ONC1CCCCC1. The van der Waals surface area contributed by atoms with E-state index >= 15 is 0 Å². The van der Waals surface area contributed by atoms with Crippen molar-refractivity contribution in [3.05, 3.63) is 0 Å². The van der Waals surface area contributed by atoms with Crippen molar-refractivity contribution in [3.63, 3.8) is 0 Å². The molecule has 0 unspecified atom stereocenters. The molecule has 0 spiro atoms. The van der Waals surface area contributed by atoms with Gasteiger partial charge in [-0.05, 0) is 19.3 Å². The van der Waals surface area contributed by atoms with E-state index in [0.29, 0.717) is 12.5 Å². The van der Waals surface area contributed by atoms with Gasteiger partial charge in [-0.2, -0.15) is 5.48 Å². The van der Waals surface area contributed by atoms with Crippen molar-refractivity contribution in [1.82, 2.24) is 5.48 Å². The molecular weight excluding hydrogens is 166 g/mol. The Morgan fingerprint density at radius 3 is 2.69 bits per heavy atom. The van der Waals surface area contributed by atoms with Crippen molar-refractivity contribution in [1.29, 1.82) is 0 Å². The minimum atomic E-state index is -0.131. The monoisotopic (exact) mass is 185 g/mol. The molecule has 3 nitrogen and oxygen atoms in total. The summed E-state index contributed by atoms with van der Waals surface area (Å²) in [6.07, 6.45) is 7.47. The van der Waals surface area contributed by atoms with Gasteiger partial charge in [-0.1, -0.05) is 26.2 Å². The van der Waals surface area contributed by atoms with Gasteiger partial charge in [0.2, 0.25) is 0 Å². The molecule has 0 saturated heterocycles. The third-order valence-corrected chi connectivity index (χ3v) is 2.40. The zero-order chi connectivity index (χ0) is 9.52. The first kappa shape index (κ1) is 10.5. The lowest BCUT2D eigenvalue weighted by molar-refractivity contribution is -0.153. The Balaban J connectivity index is 2.06. The lowest BCUT2D eigenvalue weighted by atomic mass is 9.96. The predicted octanol–water partition coefficient (Wildman–Crippen LogP) is 2.17. The summed E-state index contributed by atoms with van der Waals surface area (Å²) in [5.41, 5.74) is 2.86. The highest BCUT2D eigenvalue weighted by molar-refractivity contribution is 5.68. The number of hydrogen-bond acceptors (Lipinski definition) is 3. The molecule has 0 radical (unpaired) electrons. The molecule has 0 aromatic rings. The maximum absolute atomic E-state index is 11.0. The molecule has 0 amide bonds. The van der Waals surface area contributed by atoms with Gasteiger partial charge in [-0.3, -0.25) is 4.79 Å². The van der Waals surface area contributed by atoms with E-state index < -0.39 is 0 Å². The first-order valence-corrected chi connectivity index (χ1v) is 5.28. The van der Waals surface area contributed by atoms with Crippen molar-refractivity contribution >= 4 is 5.97 Å². The summed E-state index contributed by atoms with van der Waals surface area (Å²) >= 11 is 0. The summed E-state index contributed by atoms with van der Waals surface area (Å²) in [6, 6.07) is 0.398. The Bertz CT molecular complexity index is 153. The van der Waals surface area contributed by atoms with Crippen LogP contribution >= 0.6 is 0 Å². The van der Waals surface area contributed by atoms with Gasteiger partial charge < -0.3 is 4.84 Å². The van der Waals surface area contributed by atoms with Crippen LogP contribution in [0, 0.1) is 0 Å². The number of carbonyl (C=O) groups excluding carboxylic acids is 1. The molecule has 0 aliphatic heterocycles. The van der Waals surface area contributed by atoms with Crippen LogP contribution in [0.1, 0.15) is 51.9 Å². The van der Waals surface area contributed by atoms with Gasteiger partial charge in [0, 0.05) is 12.5 Å². The van der Waals surface area contributed by atoms with Gasteiger partial charge in [-0.15, -0.1) is 0 Å². The molecule has 3 heteroatoms. The molecule has 13 heavy (non-hydrogen) atoms. The number of hydrogen-bond donors (Lipinski definition) is 1. The summed E-state index contributed by atoms with van der Waals surface area (Å²) in [6.45, 7) is 1.97.